The van der Waals surface area contributed by atoms with Gasteiger partial charge in [0.25, 0.3) is 6.47 Å². The maximum Gasteiger partial charge on any atom is 0.290 e. The Morgan fingerprint density at radius 1 is 1.31 bits per heavy atom. The van der Waals surface area contributed by atoms with Gasteiger partial charge in [0.05, 0.1) is 17.7 Å². The molecule has 1 aromatic carbocycles. The van der Waals surface area contributed by atoms with E-state index in [1.54, 1.807) is 18.5 Å². The average molecular weight is 357 g/mol. The molecule has 9 heteroatoms. The molecule has 4 N–H and O–H groups in total. The van der Waals surface area contributed by atoms with Crippen LogP contribution in [0.25, 0.3) is 11.3 Å². The Morgan fingerprint density at radius 3 is 2.62 bits per heavy atom. The Balaban J connectivity index is 0.000000613. The lowest BCUT2D eigenvalue weighted by atomic mass is 9.87. The predicted molar refractivity (Wildman–Crippen MR) is 91.1 cm³/mol. The van der Waals surface area contributed by atoms with Crippen LogP contribution in [0.1, 0.15) is 29.3 Å². The van der Waals surface area contributed by atoms with E-state index in [-0.39, 0.29) is 24.1 Å². The van der Waals surface area contributed by atoms with Crippen LogP contribution in [0.15, 0.2) is 30.6 Å². The van der Waals surface area contributed by atoms with Crippen LogP contribution in [-0.2, 0) is 9.59 Å². The number of carbonyl (C=O) groups is 2. The summed E-state index contributed by atoms with van der Waals surface area (Å²) >= 11 is 0. The number of fused-ring (bicyclic) bond motifs is 1. The second-order valence-electron chi connectivity index (χ2n) is 5.69. The lowest BCUT2D eigenvalue weighted by Gasteiger charge is -2.22. The molecule has 26 heavy (non-hydrogen) atoms. The fourth-order valence-electron chi connectivity index (χ4n) is 3.05. The Bertz CT molecular complexity index is 932. The SMILES string of the molecule is Cc1[nH]cnc1C1CC(=O)Nc2n[nH]c(-c3ccc(F)cc3)c21.O=CO. The van der Waals surface area contributed by atoms with Crippen molar-refractivity contribution in [3.05, 3.63) is 53.4 Å². The molecule has 0 saturated carbocycles. The van der Waals surface area contributed by atoms with E-state index in [9.17, 15) is 9.18 Å². The van der Waals surface area contributed by atoms with Gasteiger partial charge in [0.15, 0.2) is 5.82 Å². The van der Waals surface area contributed by atoms with Gasteiger partial charge in [-0.05, 0) is 31.2 Å². The molecule has 2 aromatic heterocycles. The van der Waals surface area contributed by atoms with E-state index < -0.39 is 0 Å². The van der Waals surface area contributed by atoms with Gasteiger partial charge in [-0.1, -0.05) is 0 Å². The van der Waals surface area contributed by atoms with E-state index in [2.05, 4.69) is 25.5 Å². The minimum absolute atomic E-state index is 0.0953. The molecule has 3 aromatic rings. The number of aryl methyl sites for hydroxylation is 1. The highest BCUT2D eigenvalue weighted by molar-refractivity contribution is 5.96. The van der Waals surface area contributed by atoms with Gasteiger partial charge in [0.1, 0.15) is 5.82 Å². The highest BCUT2D eigenvalue weighted by atomic mass is 19.1. The highest BCUT2D eigenvalue weighted by Gasteiger charge is 2.33. The summed E-state index contributed by atoms with van der Waals surface area (Å²) in [7, 11) is 0. The van der Waals surface area contributed by atoms with E-state index in [1.807, 2.05) is 6.92 Å². The Labute approximate surface area is 147 Å². The van der Waals surface area contributed by atoms with E-state index in [1.165, 1.54) is 12.1 Å². The van der Waals surface area contributed by atoms with Crippen molar-refractivity contribution >= 4 is 18.2 Å². The number of rotatable bonds is 2. The molecular formula is C17H16FN5O3. The standard InChI is InChI=1S/C16H14FN5O.CH2O2/c1-8-14(19-7-18-8)11-6-12(23)20-16-13(11)15(21-22-16)9-2-4-10(17)5-3-9;2-1-3/h2-5,7,11H,6H2,1H3,(H,18,19)(H2,20,21,22,23);1H,(H,2,3). The van der Waals surface area contributed by atoms with E-state index in [4.69, 9.17) is 9.90 Å². The molecular weight excluding hydrogens is 341 g/mol. The van der Waals surface area contributed by atoms with Crippen LogP contribution in [0, 0.1) is 12.7 Å². The Hall–Kier alpha value is -3.49. The molecule has 1 unspecified atom stereocenters. The average Bonchev–Trinajstić information content (AvgIpc) is 3.22. The van der Waals surface area contributed by atoms with Crippen LogP contribution in [0.3, 0.4) is 0 Å². The summed E-state index contributed by atoms with van der Waals surface area (Å²) in [5.41, 5.74) is 4.21. The first-order valence-corrected chi connectivity index (χ1v) is 7.77. The largest absolute Gasteiger partial charge is 0.483 e. The van der Waals surface area contributed by atoms with Gasteiger partial charge in [-0.15, -0.1) is 0 Å². The van der Waals surface area contributed by atoms with E-state index >= 15 is 0 Å². The number of H-pyrrole nitrogens is 2. The van der Waals surface area contributed by atoms with Crippen molar-refractivity contribution in [3.63, 3.8) is 0 Å². The molecule has 0 aliphatic carbocycles. The van der Waals surface area contributed by atoms with E-state index in [0.29, 0.717) is 12.2 Å². The maximum atomic E-state index is 13.2. The van der Waals surface area contributed by atoms with Gasteiger partial charge < -0.3 is 15.4 Å². The van der Waals surface area contributed by atoms with Gasteiger partial charge in [-0.2, -0.15) is 5.10 Å². The first kappa shape index (κ1) is 17.3. The number of aromatic amines is 2. The van der Waals surface area contributed by atoms with Crippen molar-refractivity contribution in [1.29, 1.82) is 0 Å². The zero-order chi connectivity index (χ0) is 18.7. The van der Waals surface area contributed by atoms with Gasteiger partial charge in [-0.25, -0.2) is 9.37 Å². The number of benzene rings is 1. The molecule has 0 spiro atoms. The summed E-state index contributed by atoms with van der Waals surface area (Å²) < 4.78 is 13.2. The molecule has 0 fully saturated rings. The molecule has 1 aliphatic rings. The molecule has 1 aliphatic heterocycles. The molecule has 0 radical (unpaired) electrons. The van der Waals surface area contributed by atoms with Crippen LogP contribution in [0.2, 0.25) is 0 Å². The number of hydrogen-bond donors (Lipinski definition) is 4. The zero-order valence-electron chi connectivity index (χ0n) is 13.8. The summed E-state index contributed by atoms with van der Waals surface area (Å²) in [6.07, 6.45) is 1.92. The van der Waals surface area contributed by atoms with Crippen LogP contribution in [-0.4, -0.2) is 37.7 Å². The maximum absolute atomic E-state index is 13.2. The molecule has 8 nitrogen and oxygen atoms in total. The molecule has 134 valence electrons. The molecule has 3 heterocycles. The van der Waals surface area contributed by atoms with Crippen molar-refractivity contribution in [1.82, 2.24) is 20.2 Å². The molecule has 4 rings (SSSR count). The monoisotopic (exact) mass is 357 g/mol. The number of carbonyl (C=O) groups excluding carboxylic acids is 1. The summed E-state index contributed by atoms with van der Waals surface area (Å²) in [4.78, 5) is 27.8. The normalized spacial score (nSPS) is 15.5. The fourth-order valence-corrected chi connectivity index (χ4v) is 3.05. The number of amides is 1. The number of imidazole rings is 1. The molecule has 1 amide bonds. The van der Waals surface area contributed by atoms with Crippen molar-refractivity contribution in [2.45, 2.75) is 19.3 Å². The number of aromatic nitrogens is 4. The summed E-state index contributed by atoms with van der Waals surface area (Å²) in [5, 5.41) is 16.8. The van der Waals surface area contributed by atoms with Crippen LogP contribution in [0.4, 0.5) is 10.2 Å². The molecule has 1 atom stereocenters. The van der Waals surface area contributed by atoms with Crippen LogP contribution >= 0.6 is 0 Å². The molecule has 0 saturated heterocycles. The zero-order valence-corrected chi connectivity index (χ0v) is 13.8. The lowest BCUT2D eigenvalue weighted by Crippen LogP contribution is -2.24. The van der Waals surface area contributed by atoms with Gasteiger partial charge in [0, 0.05) is 29.2 Å². The number of halogens is 1. The number of hydrogen-bond acceptors (Lipinski definition) is 4. The minimum Gasteiger partial charge on any atom is -0.483 e. The number of anilines is 1. The van der Waals surface area contributed by atoms with Gasteiger partial charge >= 0.3 is 0 Å². The second-order valence-corrected chi connectivity index (χ2v) is 5.69. The molecule has 0 bridgehead atoms. The van der Waals surface area contributed by atoms with Crippen LogP contribution in [0.5, 0.6) is 0 Å². The van der Waals surface area contributed by atoms with E-state index in [0.717, 1.165) is 28.2 Å². The topological polar surface area (TPSA) is 124 Å². The first-order valence-electron chi connectivity index (χ1n) is 7.77. The third-order valence-corrected chi connectivity index (χ3v) is 4.13. The van der Waals surface area contributed by atoms with Gasteiger partial charge in [-0.3, -0.25) is 14.7 Å². The second kappa shape index (κ2) is 7.18. The summed E-state index contributed by atoms with van der Waals surface area (Å²) in [6.45, 7) is 1.67. The predicted octanol–water partition coefficient (Wildman–Crippen LogP) is 2.42. The number of carboxylic acid groups (broad SMARTS) is 1. The first-order chi connectivity index (χ1) is 12.5. The third-order valence-electron chi connectivity index (χ3n) is 4.13. The van der Waals surface area contributed by atoms with Crippen LogP contribution < -0.4 is 5.32 Å². The fraction of sp³-hybridized carbons (Fsp3) is 0.176. The summed E-state index contributed by atoms with van der Waals surface area (Å²) in [5.74, 6) is -0.0750. The summed E-state index contributed by atoms with van der Waals surface area (Å²) in [6, 6.07) is 6.18. The van der Waals surface area contributed by atoms with Crippen molar-refractivity contribution in [3.8, 4) is 11.3 Å². The Kier molecular flexibility index (Phi) is 4.78. The van der Waals surface area contributed by atoms with Gasteiger partial charge in [0.2, 0.25) is 5.91 Å². The Morgan fingerprint density at radius 2 is 2.00 bits per heavy atom. The van der Waals surface area contributed by atoms with Crippen molar-refractivity contribution in [2.24, 2.45) is 0 Å². The van der Waals surface area contributed by atoms with Crippen molar-refractivity contribution in [2.75, 3.05) is 5.32 Å². The lowest BCUT2D eigenvalue weighted by molar-refractivity contribution is -0.123. The highest BCUT2D eigenvalue weighted by Crippen LogP contribution is 2.41. The third kappa shape index (κ3) is 3.18. The minimum atomic E-state index is -0.296. The van der Waals surface area contributed by atoms with Crippen molar-refractivity contribution < 1.29 is 19.1 Å². The number of nitrogens with one attached hydrogen (secondary N) is 3. The smallest absolute Gasteiger partial charge is 0.290 e. The quantitative estimate of drug-likeness (QED) is 0.524. The number of nitrogens with zero attached hydrogens (tertiary/aromatic N) is 2.